The Morgan fingerprint density at radius 2 is 1.70 bits per heavy atom. The summed E-state index contributed by atoms with van der Waals surface area (Å²) in [6.45, 7) is 0.912. The molecule has 2 aromatic carbocycles. The molecule has 1 N–H and O–H groups in total. The summed E-state index contributed by atoms with van der Waals surface area (Å²) in [4.78, 5) is 32.3. The van der Waals surface area contributed by atoms with E-state index in [0.717, 1.165) is 17.7 Å². The molecule has 0 unspecified atom stereocenters. The second-order valence-corrected chi connectivity index (χ2v) is 7.51. The lowest BCUT2D eigenvalue weighted by Gasteiger charge is -2.10. The molecule has 2 aromatic heterocycles. The molecule has 10 heteroatoms. The number of hydrogen-bond acceptors (Lipinski definition) is 4. The number of aromatic amines is 1. The largest absolute Gasteiger partial charge is 0.416 e. The second kappa shape index (κ2) is 9.07. The summed E-state index contributed by atoms with van der Waals surface area (Å²) >= 11 is 0. The maximum atomic E-state index is 13.0. The summed E-state index contributed by atoms with van der Waals surface area (Å²) in [6, 6.07) is 13.8. The molecule has 0 saturated heterocycles. The SMILES string of the molecule is COCCCn1c(-c2ccc(C(F)(F)F)cc2)nc2c1c(=O)[nH]c(=O)n2Cc1ccccc1. The van der Waals surface area contributed by atoms with Crippen molar-refractivity contribution in [3.05, 3.63) is 86.6 Å². The molecule has 172 valence electrons. The van der Waals surface area contributed by atoms with E-state index in [1.54, 1.807) is 11.7 Å². The normalized spacial score (nSPS) is 11.9. The summed E-state index contributed by atoms with van der Waals surface area (Å²) in [5, 5.41) is 0. The molecule has 0 saturated carbocycles. The predicted molar refractivity (Wildman–Crippen MR) is 117 cm³/mol. The highest BCUT2D eigenvalue weighted by atomic mass is 19.4. The van der Waals surface area contributed by atoms with Gasteiger partial charge >= 0.3 is 11.9 Å². The molecule has 7 nitrogen and oxygen atoms in total. The van der Waals surface area contributed by atoms with Gasteiger partial charge in [0.15, 0.2) is 11.2 Å². The Bertz CT molecular complexity index is 1370. The zero-order chi connectivity index (χ0) is 23.6. The van der Waals surface area contributed by atoms with Crippen LogP contribution in [0.15, 0.2) is 64.2 Å². The summed E-state index contributed by atoms with van der Waals surface area (Å²) in [5.41, 5.74) is -0.435. The van der Waals surface area contributed by atoms with Gasteiger partial charge in [0.05, 0.1) is 12.1 Å². The van der Waals surface area contributed by atoms with Crippen molar-refractivity contribution < 1.29 is 17.9 Å². The van der Waals surface area contributed by atoms with Gasteiger partial charge in [-0.3, -0.25) is 14.3 Å². The number of aromatic nitrogens is 4. The lowest BCUT2D eigenvalue weighted by atomic mass is 10.1. The zero-order valence-electron chi connectivity index (χ0n) is 17.7. The van der Waals surface area contributed by atoms with Gasteiger partial charge in [-0.05, 0) is 24.1 Å². The maximum absolute atomic E-state index is 13.0. The number of rotatable bonds is 7. The number of hydrogen-bond donors (Lipinski definition) is 1. The molecule has 0 amide bonds. The molecule has 2 heterocycles. The van der Waals surface area contributed by atoms with Gasteiger partial charge < -0.3 is 9.30 Å². The lowest BCUT2D eigenvalue weighted by Crippen LogP contribution is -2.31. The molecule has 0 aliphatic heterocycles. The molecule has 0 spiro atoms. The van der Waals surface area contributed by atoms with Gasteiger partial charge in [-0.1, -0.05) is 42.5 Å². The zero-order valence-corrected chi connectivity index (χ0v) is 17.7. The van der Waals surface area contributed by atoms with Crippen molar-refractivity contribution in [2.45, 2.75) is 25.7 Å². The Morgan fingerprint density at radius 1 is 1.00 bits per heavy atom. The van der Waals surface area contributed by atoms with Crippen LogP contribution in [0.5, 0.6) is 0 Å². The number of H-pyrrole nitrogens is 1. The number of nitrogens with one attached hydrogen (secondary N) is 1. The molecule has 0 fully saturated rings. The summed E-state index contributed by atoms with van der Waals surface area (Å²) in [7, 11) is 1.55. The highest BCUT2D eigenvalue weighted by molar-refractivity contribution is 5.77. The fourth-order valence-electron chi connectivity index (χ4n) is 3.70. The standard InChI is InChI=1S/C23H21F3N4O3/c1-33-13-5-12-29-18-20(27-19(29)16-8-10-17(11-9-16)23(24,25)26)30(22(32)28-21(18)31)14-15-6-3-2-4-7-15/h2-4,6-11H,5,12-14H2,1H3,(H,28,31,32). The molecule has 33 heavy (non-hydrogen) atoms. The first-order valence-electron chi connectivity index (χ1n) is 10.2. The molecule has 4 aromatic rings. The molecular formula is C23H21F3N4O3. The van der Waals surface area contributed by atoms with Crippen LogP contribution < -0.4 is 11.2 Å². The minimum absolute atomic E-state index is 0.167. The molecule has 0 radical (unpaired) electrons. The quantitative estimate of drug-likeness (QED) is 0.429. The van der Waals surface area contributed by atoms with Crippen molar-refractivity contribution in [3.8, 4) is 11.4 Å². The third-order valence-electron chi connectivity index (χ3n) is 5.27. The topological polar surface area (TPSA) is 81.9 Å². The highest BCUT2D eigenvalue weighted by Gasteiger charge is 2.30. The van der Waals surface area contributed by atoms with E-state index in [1.807, 2.05) is 30.3 Å². The number of methoxy groups -OCH3 is 1. The number of aryl methyl sites for hydroxylation is 1. The monoisotopic (exact) mass is 458 g/mol. The van der Waals surface area contributed by atoms with Crippen molar-refractivity contribution >= 4 is 11.2 Å². The van der Waals surface area contributed by atoms with Crippen LogP contribution in [-0.2, 0) is 24.0 Å². The Kier molecular flexibility index (Phi) is 6.19. The first-order chi connectivity index (χ1) is 15.8. The maximum Gasteiger partial charge on any atom is 0.416 e. The lowest BCUT2D eigenvalue weighted by molar-refractivity contribution is -0.137. The van der Waals surface area contributed by atoms with Crippen LogP contribution >= 0.6 is 0 Å². The summed E-state index contributed by atoms with van der Waals surface area (Å²) in [5.74, 6) is 0.299. The van der Waals surface area contributed by atoms with Crippen LogP contribution in [0, 0.1) is 0 Å². The van der Waals surface area contributed by atoms with Gasteiger partial charge in [0.2, 0.25) is 0 Å². The first kappa shape index (κ1) is 22.5. The van der Waals surface area contributed by atoms with Gasteiger partial charge in [0.25, 0.3) is 5.56 Å². The average Bonchev–Trinajstić information content (AvgIpc) is 3.17. The number of fused-ring (bicyclic) bond motifs is 1. The van der Waals surface area contributed by atoms with Crippen LogP contribution in [0.2, 0.25) is 0 Å². The van der Waals surface area contributed by atoms with Crippen molar-refractivity contribution in [3.63, 3.8) is 0 Å². The van der Waals surface area contributed by atoms with Crippen LogP contribution in [0.3, 0.4) is 0 Å². The van der Waals surface area contributed by atoms with E-state index in [2.05, 4.69) is 9.97 Å². The molecule has 0 aliphatic rings. The Hall–Kier alpha value is -3.66. The van der Waals surface area contributed by atoms with E-state index in [-0.39, 0.29) is 17.7 Å². The number of imidazole rings is 1. The average molecular weight is 458 g/mol. The Morgan fingerprint density at radius 3 is 2.33 bits per heavy atom. The fourth-order valence-corrected chi connectivity index (χ4v) is 3.70. The van der Waals surface area contributed by atoms with Crippen molar-refractivity contribution in [2.75, 3.05) is 13.7 Å². The number of ether oxygens (including phenoxy) is 1. The highest BCUT2D eigenvalue weighted by Crippen LogP contribution is 2.31. The van der Waals surface area contributed by atoms with Gasteiger partial charge in [0.1, 0.15) is 5.82 Å². The minimum atomic E-state index is -4.47. The van der Waals surface area contributed by atoms with E-state index < -0.39 is 23.0 Å². The van der Waals surface area contributed by atoms with Gasteiger partial charge in [-0.25, -0.2) is 9.78 Å². The molecule has 4 rings (SSSR count). The Balaban J connectivity index is 1.91. The third kappa shape index (κ3) is 4.61. The molecular weight excluding hydrogens is 437 g/mol. The Labute approximate surface area is 186 Å². The van der Waals surface area contributed by atoms with Crippen molar-refractivity contribution in [2.24, 2.45) is 0 Å². The van der Waals surface area contributed by atoms with E-state index in [0.29, 0.717) is 31.0 Å². The van der Waals surface area contributed by atoms with Crippen LogP contribution in [-0.4, -0.2) is 32.8 Å². The van der Waals surface area contributed by atoms with E-state index in [1.165, 1.54) is 16.7 Å². The fraction of sp³-hybridized carbons (Fsp3) is 0.261. The van der Waals surface area contributed by atoms with Crippen molar-refractivity contribution in [1.82, 2.24) is 19.1 Å². The van der Waals surface area contributed by atoms with E-state index in [9.17, 15) is 22.8 Å². The molecule has 0 bridgehead atoms. The van der Waals surface area contributed by atoms with Crippen LogP contribution in [0.4, 0.5) is 13.2 Å². The predicted octanol–water partition coefficient (Wildman–Crippen LogP) is 3.66. The second-order valence-electron chi connectivity index (χ2n) is 7.51. The van der Waals surface area contributed by atoms with E-state index in [4.69, 9.17) is 4.74 Å². The van der Waals surface area contributed by atoms with E-state index >= 15 is 0 Å². The van der Waals surface area contributed by atoms with Gasteiger partial charge in [0, 0.05) is 25.8 Å². The minimum Gasteiger partial charge on any atom is -0.385 e. The smallest absolute Gasteiger partial charge is 0.385 e. The number of alkyl halides is 3. The number of benzene rings is 2. The first-order valence-corrected chi connectivity index (χ1v) is 10.2. The summed E-state index contributed by atoms with van der Waals surface area (Å²) < 4.78 is 47.1. The van der Waals surface area contributed by atoms with Gasteiger partial charge in [-0.2, -0.15) is 13.2 Å². The number of nitrogens with zero attached hydrogens (tertiary/aromatic N) is 3. The molecule has 0 atom stereocenters. The molecule has 0 aliphatic carbocycles. The van der Waals surface area contributed by atoms with Crippen LogP contribution in [0.1, 0.15) is 17.5 Å². The third-order valence-corrected chi connectivity index (χ3v) is 5.27. The number of halogens is 3. The van der Waals surface area contributed by atoms with Crippen LogP contribution in [0.25, 0.3) is 22.6 Å². The summed E-state index contributed by atoms with van der Waals surface area (Å²) in [6.07, 6.45) is -3.93. The van der Waals surface area contributed by atoms with Crippen molar-refractivity contribution in [1.29, 1.82) is 0 Å². The van der Waals surface area contributed by atoms with Gasteiger partial charge in [-0.15, -0.1) is 0 Å².